The molecule has 1 aromatic carbocycles. The molecule has 76 valence electrons. The predicted molar refractivity (Wildman–Crippen MR) is 59.5 cm³/mol. The van der Waals surface area contributed by atoms with Crippen LogP contribution in [-0.2, 0) is 0 Å². The summed E-state index contributed by atoms with van der Waals surface area (Å²) in [5, 5.41) is 3.95. The lowest BCUT2D eigenvalue weighted by atomic mass is 9.93. The third kappa shape index (κ3) is 1.59. The number of nitrogens with one attached hydrogen (secondary N) is 1. The Hall–Kier alpha value is -0.770. The fraction of sp³-hybridized carbons (Fsp3) is 0.400. The summed E-state index contributed by atoms with van der Waals surface area (Å²) in [6.45, 7) is 1.68. The van der Waals surface area contributed by atoms with Crippen LogP contribution in [0.25, 0.3) is 0 Å². The van der Waals surface area contributed by atoms with Crippen molar-refractivity contribution in [3.05, 3.63) is 28.8 Å². The summed E-state index contributed by atoms with van der Waals surface area (Å²) in [4.78, 5) is 0. The highest BCUT2D eigenvalue weighted by atomic mass is 35.5. The number of anilines is 1. The minimum absolute atomic E-state index is 0.109. The normalized spacial score (nSPS) is 26.7. The van der Waals surface area contributed by atoms with Crippen LogP contribution in [0.4, 0.5) is 5.69 Å². The smallest absolute Gasteiger partial charge is 0.0462 e. The first kappa shape index (κ1) is 9.77. The zero-order valence-electron chi connectivity index (χ0n) is 7.83. The van der Waals surface area contributed by atoms with E-state index < -0.39 is 0 Å². The van der Waals surface area contributed by atoms with E-state index in [1.54, 1.807) is 0 Å². The number of nitrogens with two attached hydrogens (primary N) is 2. The van der Waals surface area contributed by atoms with Gasteiger partial charge in [-0.05, 0) is 17.7 Å². The molecule has 0 aromatic heterocycles. The molecule has 1 aliphatic heterocycles. The van der Waals surface area contributed by atoms with Crippen LogP contribution in [0.5, 0.6) is 0 Å². The Bertz CT molecular complexity index is 320. The van der Waals surface area contributed by atoms with Gasteiger partial charge in [0.2, 0.25) is 0 Å². The van der Waals surface area contributed by atoms with Crippen LogP contribution in [0.1, 0.15) is 11.5 Å². The topological polar surface area (TPSA) is 64.1 Å². The fourth-order valence-corrected chi connectivity index (χ4v) is 2.28. The first-order valence-corrected chi connectivity index (χ1v) is 5.08. The van der Waals surface area contributed by atoms with Gasteiger partial charge in [-0.25, -0.2) is 0 Å². The van der Waals surface area contributed by atoms with Crippen LogP contribution >= 0.6 is 11.6 Å². The van der Waals surface area contributed by atoms with Gasteiger partial charge in [0.05, 0.1) is 0 Å². The van der Waals surface area contributed by atoms with Crippen molar-refractivity contribution in [2.75, 3.05) is 18.8 Å². The molecule has 2 atom stereocenters. The van der Waals surface area contributed by atoms with Crippen molar-refractivity contribution in [3.8, 4) is 0 Å². The Balaban J connectivity index is 2.39. The molecule has 1 saturated heterocycles. The molecule has 1 heterocycles. The molecule has 0 saturated carbocycles. The first-order chi connectivity index (χ1) is 6.70. The molecule has 0 aliphatic carbocycles. The van der Waals surface area contributed by atoms with Crippen LogP contribution in [0.15, 0.2) is 18.2 Å². The van der Waals surface area contributed by atoms with Crippen LogP contribution in [0.2, 0.25) is 5.02 Å². The highest BCUT2D eigenvalue weighted by Gasteiger charge is 2.28. The second-order valence-corrected chi connectivity index (χ2v) is 4.08. The molecule has 14 heavy (non-hydrogen) atoms. The summed E-state index contributed by atoms with van der Waals surface area (Å²) >= 11 is 6.11. The summed E-state index contributed by atoms with van der Waals surface area (Å²) in [5.41, 5.74) is 13.6. The molecule has 1 aliphatic rings. The fourth-order valence-electron chi connectivity index (χ4n) is 1.96. The monoisotopic (exact) mass is 211 g/mol. The predicted octanol–water partition coefficient (Wildman–Crippen LogP) is 0.936. The second-order valence-electron chi connectivity index (χ2n) is 3.67. The average molecular weight is 212 g/mol. The summed E-state index contributed by atoms with van der Waals surface area (Å²) in [6, 6.07) is 5.69. The maximum Gasteiger partial charge on any atom is 0.0462 e. The highest BCUT2D eigenvalue weighted by Crippen LogP contribution is 2.32. The molecule has 0 spiro atoms. The minimum Gasteiger partial charge on any atom is -0.398 e. The third-order valence-corrected chi connectivity index (χ3v) is 3.05. The van der Waals surface area contributed by atoms with Crippen LogP contribution in [0, 0.1) is 0 Å². The molecule has 5 N–H and O–H groups in total. The molecule has 2 rings (SSSR count). The van der Waals surface area contributed by atoms with E-state index in [9.17, 15) is 0 Å². The maximum atomic E-state index is 6.11. The SMILES string of the molecule is Nc1cccc(Cl)c1C1CNCC1N. The van der Waals surface area contributed by atoms with Gasteiger partial charge in [-0.15, -0.1) is 0 Å². The third-order valence-electron chi connectivity index (χ3n) is 2.72. The van der Waals surface area contributed by atoms with Crippen LogP contribution < -0.4 is 16.8 Å². The van der Waals surface area contributed by atoms with Crippen molar-refractivity contribution in [2.24, 2.45) is 5.73 Å². The summed E-state index contributed by atoms with van der Waals surface area (Å²) in [6.07, 6.45) is 0. The summed E-state index contributed by atoms with van der Waals surface area (Å²) in [7, 11) is 0. The number of benzene rings is 1. The van der Waals surface area contributed by atoms with Crippen molar-refractivity contribution >= 4 is 17.3 Å². The van der Waals surface area contributed by atoms with E-state index in [2.05, 4.69) is 5.32 Å². The molecule has 0 radical (unpaired) electrons. The Morgan fingerprint density at radius 3 is 2.71 bits per heavy atom. The van der Waals surface area contributed by atoms with E-state index in [-0.39, 0.29) is 12.0 Å². The van der Waals surface area contributed by atoms with Gasteiger partial charge in [0.25, 0.3) is 0 Å². The zero-order valence-corrected chi connectivity index (χ0v) is 8.59. The minimum atomic E-state index is 0.109. The molecule has 4 heteroatoms. The summed E-state index contributed by atoms with van der Waals surface area (Å²) in [5.74, 6) is 0.240. The van der Waals surface area contributed by atoms with Crippen LogP contribution in [0.3, 0.4) is 0 Å². The molecule has 1 aromatic rings. The van der Waals surface area contributed by atoms with E-state index in [0.717, 1.165) is 24.3 Å². The molecule has 0 amide bonds. The number of halogens is 1. The van der Waals surface area contributed by atoms with Gasteiger partial charge in [0.15, 0.2) is 0 Å². The Morgan fingerprint density at radius 1 is 1.36 bits per heavy atom. The van der Waals surface area contributed by atoms with Gasteiger partial charge in [-0.2, -0.15) is 0 Å². The molecule has 2 unspecified atom stereocenters. The van der Waals surface area contributed by atoms with Gasteiger partial charge >= 0.3 is 0 Å². The molecule has 3 nitrogen and oxygen atoms in total. The van der Waals surface area contributed by atoms with Gasteiger partial charge in [0.1, 0.15) is 0 Å². The number of nitrogen functional groups attached to an aromatic ring is 1. The van der Waals surface area contributed by atoms with Crippen LogP contribution in [-0.4, -0.2) is 19.1 Å². The van der Waals surface area contributed by atoms with Crippen molar-refractivity contribution < 1.29 is 0 Å². The van der Waals surface area contributed by atoms with Crippen molar-refractivity contribution in [1.82, 2.24) is 5.32 Å². The average Bonchev–Trinajstić information content (AvgIpc) is 2.52. The number of rotatable bonds is 1. The quantitative estimate of drug-likeness (QED) is 0.606. The lowest BCUT2D eigenvalue weighted by molar-refractivity contribution is 0.655. The van der Waals surface area contributed by atoms with E-state index in [1.807, 2.05) is 18.2 Å². The standard InChI is InChI=1S/C10H14ClN3/c11-7-2-1-3-8(12)10(7)6-4-14-5-9(6)13/h1-3,6,9,14H,4-5,12-13H2. The van der Waals surface area contributed by atoms with Crippen molar-refractivity contribution in [3.63, 3.8) is 0 Å². The molecular weight excluding hydrogens is 198 g/mol. The van der Waals surface area contributed by atoms with Gasteiger partial charge in [-0.1, -0.05) is 17.7 Å². The lowest BCUT2D eigenvalue weighted by Gasteiger charge is -2.18. The number of hydrogen-bond donors (Lipinski definition) is 3. The molecule has 0 bridgehead atoms. The van der Waals surface area contributed by atoms with Crippen molar-refractivity contribution in [1.29, 1.82) is 0 Å². The van der Waals surface area contributed by atoms with Gasteiger partial charge in [-0.3, -0.25) is 0 Å². The van der Waals surface area contributed by atoms with Crippen molar-refractivity contribution in [2.45, 2.75) is 12.0 Å². The van der Waals surface area contributed by atoms with E-state index in [4.69, 9.17) is 23.1 Å². The maximum absolute atomic E-state index is 6.11. The molecule has 1 fully saturated rings. The second kappa shape index (κ2) is 3.77. The highest BCUT2D eigenvalue weighted by molar-refractivity contribution is 6.31. The van der Waals surface area contributed by atoms with Gasteiger partial charge < -0.3 is 16.8 Å². The zero-order chi connectivity index (χ0) is 10.1. The van der Waals surface area contributed by atoms with Gasteiger partial charge in [0, 0.05) is 35.8 Å². The first-order valence-electron chi connectivity index (χ1n) is 4.70. The van der Waals surface area contributed by atoms with E-state index in [0.29, 0.717) is 5.02 Å². The number of hydrogen-bond acceptors (Lipinski definition) is 3. The Morgan fingerprint density at radius 2 is 2.14 bits per heavy atom. The largest absolute Gasteiger partial charge is 0.398 e. The Kier molecular flexibility index (Phi) is 2.63. The summed E-state index contributed by atoms with van der Waals surface area (Å²) < 4.78 is 0. The molecular formula is C10H14ClN3. The Labute approximate surface area is 88.4 Å². The van der Waals surface area contributed by atoms with E-state index in [1.165, 1.54) is 0 Å². The lowest BCUT2D eigenvalue weighted by Crippen LogP contribution is -2.28. The van der Waals surface area contributed by atoms with E-state index >= 15 is 0 Å².